The Labute approximate surface area is 94.5 Å². The highest BCUT2D eigenvalue weighted by molar-refractivity contribution is 5.44. The summed E-state index contributed by atoms with van der Waals surface area (Å²) in [6.07, 6.45) is 0. The lowest BCUT2D eigenvalue weighted by Crippen LogP contribution is -2.02. The predicted octanol–water partition coefficient (Wildman–Crippen LogP) is 2.41. The lowest BCUT2D eigenvalue weighted by atomic mass is 10.3. The van der Waals surface area contributed by atoms with Gasteiger partial charge in [0.2, 0.25) is 11.8 Å². The third kappa shape index (κ3) is 2.55. The molecule has 4 nitrogen and oxygen atoms in total. The Morgan fingerprint density at radius 3 is 2.35 bits per heavy atom. The molecule has 0 aliphatic rings. The van der Waals surface area contributed by atoms with Crippen molar-refractivity contribution in [3.8, 4) is 0 Å². The summed E-state index contributed by atoms with van der Waals surface area (Å²) in [4.78, 5) is 0. The Morgan fingerprint density at radius 2 is 1.82 bits per heavy atom. The van der Waals surface area contributed by atoms with Crippen LogP contribution in [0.25, 0.3) is 0 Å². The van der Waals surface area contributed by atoms with Crippen molar-refractivity contribution in [3.63, 3.8) is 0 Å². The second-order valence-corrected chi connectivity index (χ2v) is 3.32. The average Bonchev–Trinajstić information content (AvgIpc) is 2.69. The van der Waals surface area contributed by atoms with Gasteiger partial charge in [-0.05, 0) is 0 Å². The molecule has 0 aliphatic carbocycles. The van der Waals surface area contributed by atoms with Crippen molar-refractivity contribution in [1.82, 2.24) is 10.2 Å². The summed E-state index contributed by atoms with van der Waals surface area (Å²) in [5.41, 5.74) is 0.0947. The van der Waals surface area contributed by atoms with E-state index in [-0.39, 0.29) is 18.1 Å². The van der Waals surface area contributed by atoms with E-state index in [4.69, 9.17) is 4.42 Å². The van der Waals surface area contributed by atoms with Gasteiger partial charge in [-0.1, -0.05) is 0 Å². The highest BCUT2D eigenvalue weighted by Crippen LogP contribution is 2.17. The van der Waals surface area contributed by atoms with Crippen molar-refractivity contribution >= 4 is 5.69 Å². The van der Waals surface area contributed by atoms with E-state index in [1.807, 2.05) is 0 Å². The number of nitrogens with zero attached hydrogens (tertiary/aromatic N) is 2. The molecule has 0 unspecified atom stereocenters. The number of hydrogen-bond acceptors (Lipinski definition) is 4. The molecule has 1 aromatic carbocycles. The molecule has 0 amide bonds. The molecule has 0 spiro atoms. The fraction of sp³-hybridized carbons (Fsp3) is 0.200. The van der Waals surface area contributed by atoms with Gasteiger partial charge in [0.1, 0.15) is 0 Å². The van der Waals surface area contributed by atoms with Crippen molar-refractivity contribution in [2.75, 3.05) is 5.32 Å². The summed E-state index contributed by atoms with van der Waals surface area (Å²) in [5, 5.41) is 9.91. The summed E-state index contributed by atoms with van der Waals surface area (Å²) >= 11 is 0. The molecule has 0 saturated carbocycles. The minimum Gasteiger partial charge on any atom is -0.424 e. The topological polar surface area (TPSA) is 51.0 Å². The van der Waals surface area contributed by atoms with E-state index < -0.39 is 17.5 Å². The molecule has 0 radical (unpaired) electrons. The third-order valence-corrected chi connectivity index (χ3v) is 2.00. The fourth-order valence-electron chi connectivity index (χ4n) is 1.24. The molecule has 1 aromatic heterocycles. The number of aromatic nitrogens is 2. The molecule has 2 aromatic rings. The molecule has 2 rings (SSSR count). The molecule has 0 bridgehead atoms. The lowest BCUT2D eigenvalue weighted by Gasteiger charge is -2.04. The highest BCUT2D eigenvalue weighted by Gasteiger charge is 2.10. The number of nitrogens with one attached hydrogen (secondary N) is 1. The maximum absolute atomic E-state index is 12.9. The highest BCUT2D eigenvalue weighted by atomic mass is 19.2. The van der Waals surface area contributed by atoms with Crippen molar-refractivity contribution in [3.05, 3.63) is 41.4 Å². The smallest absolute Gasteiger partial charge is 0.235 e. The molecule has 1 heterocycles. The fourth-order valence-corrected chi connectivity index (χ4v) is 1.24. The first-order valence-corrected chi connectivity index (χ1v) is 4.73. The Kier molecular flexibility index (Phi) is 2.99. The lowest BCUT2D eigenvalue weighted by molar-refractivity contribution is 0.447. The standard InChI is InChI=1S/C10H8F3N3O/c1-5-15-16-9(17-5)4-14-6-2-7(11)10(13)8(12)3-6/h2-3,14H,4H2,1H3. The van der Waals surface area contributed by atoms with Crippen molar-refractivity contribution < 1.29 is 17.6 Å². The van der Waals surface area contributed by atoms with Gasteiger partial charge in [0.15, 0.2) is 17.5 Å². The van der Waals surface area contributed by atoms with Gasteiger partial charge in [-0.2, -0.15) is 0 Å². The van der Waals surface area contributed by atoms with Gasteiger partial charge in [-0.15, -0.1) is 10.2 Å². The van der Waals surface area contributed by atoms with E-state index in [1.54, 1.807) is 6.92 Å². The van der Waals surface area contributed by atoms with Gasteiger partial charge >= 0.3 is 0 Å². The number of anilines is 1. The Balaban J connectivity index is 2.09. The van der Waals surface area contributed by atoms with Gasteiger partial charge in [-0.3, -0.25) is 0 Å². The van der Waals surface area contributed by atoms with E-state index in [2.05, 4.69) is 15.5 Å². The number of halogens is 3. The zero-order chi connectivity index (χ0) is 12.4. The SMILES string of the molecule is Cc1nnc(CNc2cc(F)c(F)c(F)c2)o1. The van der Waals surface area contributed by atoms with Crippen molar-refractivity contribution in [2.45, 2.75) is 13.5 Å². The molecule has 1 N–H and O–H groups in total. The van der Waals surface area contributed by atoms with Gasteiger partial charge in [-0.25, -0.2) is 13.2 Å². The summed E-state index contributed by atoms with van der Waals surface area (Å²) in [6, 6.07) is 1.70. The number of benzene rings is 1. The van der Waals surface area contributed by atoms with Crippen LogP contribution in [0.2, 0.25) is 0 Å². The van der Waals surface area contributed by atoms with E-state index in [0.717, 1.165) is 12.1 Å². The predicted molar refractivity (Wildman–Crippen MR) is 52.7 cm³/mol. The minimum absolute atomic E-state index is 0.0947. The summed E-state index contributed by atoms with van der Waals surface area (Å²) < 4.78 is 43.4. The van der Waals surface area contributed by atoms with Gasteiger partial charge in [0.25, 0.3) is 0 Å². The molecule has 0 saturated heterocycles. The van der Waals surface area contributed by atoms with Gasteiger partial charge < -0.3 is 9.73 Å². The maximum atomic E-state index is 12.9. The van der Waals surface area contributed by atoms with Crippen LogP contribution in [0, 0.1) is 24.4 Å². The van der Waals surface area contributed by atoms with Gasteiger partial charge in [0, 0.05) is 24.7 Å². The first kappa shape index (κ1) is 11.4. The average molecular weight is 243 g/mol. The number of hydrogen-bond donors (Lipinski definition) is 1. The third-order valence-electron chi connectivity index (χ3n) is 2.00. The Hall–Kier alpha value is -2.05. The molecule has 0 aliphatic heterocycles. The monoisotopic (exact) mass is 243 g/mol. The zero-order valence-corrected chi connectivity index (χ0v) is 8.80. The van der Waals surface area contributed by atoms with Crippen LogP contribution in [-0.4, -0.2) is 10.2 Å². The van der Waals surface area contributed by atoms with Crippen molar-refractivity contribution in [2.24, 2.45) is 0 Å². The summed E-state index contributed by atoms with van der Waals surface area (Å²) in [6.45, 7) is 1.72. The molecule has 0 fully saturated rings. The second-order valence-electron chi connectivity index (χ2n) is 3.32. The normalized spacial score (nSPS) is 10.6. The summed E-state index contributed by atoms with van der Waals surface area (Å²) in [5.74, 6) is -3.35. The van der Waals surface area contributed by atoms with Crippen LogP contribution in [0.4, 0.5) is 18.9 Å². The first-order valence-electron chi connectivity index (χ1n) is 4.73. The zero-order valence-electron chi connectivity index (χ0n) is 8.80. The van der Waals surface area contributed by atoms with Crippen LogP contribution >= 0.6 is 0 Å². The maximum Gasteiger partial charge on any atom is 0.235 e. The summed E-state index contributed by atoms with van der Waals surface area (Å²) in [7, 11) is 0. The molecular formula is C10H8F3N3O. The van der Waals surface area contributed by atoms with E-state index in [1.165, 1.54) is 0 Å². The molecule has 90 valence electrons. The molecule has 0 atom stereocenters. The molecule has 7 heteroatoms. The van der Waals surface area contributed by atoms with Crippen LogP contribution in [0.15, 0.2) is 16.5 Å². The second kappa shape index (κ2) is 4.44. The number of rotatable bonds is 3. The Morgan fingerprint density at radius 1 is 1.18 bits per heavy atom. The molecular weight excluding hydrogens is 235 g/mol. The first-order chi connectivity index (χ1) is 8.06. The van der Waals surface area contributed by atoms with Crippen LogP contribution in [0.3, 0.4) is 0 Å². The van der Waals surface area contributed by atoms with Crippen LogP contribution in [0.5, 0.6) is 0 Å². The van der Waals surface area contributed by atoms with Crippen LogP contribution in [-0.2, 0) is 6.54 Å². The van der Waals surface area contributed by atoms with E-state index in [9.17, 15) is 13.2 Å². The quantitative estimate of drug-likeness (QED) is 0.841. The minimum atomic E-state index is -1.50. The van der Waals surface area contributed by atoms with Crippen molar-refractivity contribution in [1.29, 1.82) is 0 Å². The van der Waals surface area contributed by atoms with E-state index in [0.29, 0.717) is 5.89 Å². The van der Waals surface area contributed by atoms with Crippen LogP contribution in [0.1, 0.15) is 11.8 Å². The Bertz CT molecular complexity index is 518. The molecule has 17 heavy (non-hydrogen) atoms. The largest absolute Gasteiger partial charge is 0.424 e. The number of aryl methyl sites for hydroxylation is 1. The van der Waals surface area contributed by atoms with Gasteiger partial charge in [0.05, 0.1) is 6.54 Å². The van der Waals surface area contributed by atoms with Crippen LogP contribution < -0.4 is 5.32 Å². The van der Waals surface area contributed by atoms with E-state index >= 15 is 0 Å².